The highest BCUT2D eigenvalue weighted by Crippen LogP contribution is 2.21. The van der Waals surface area contributed by atoms with Gasteiger partial charge in [-0.3, -0.25) is 19.7 Å². The van der Waals surface area contributed by atoms with E-state index >= 15 is 0 Å². The summed E-state index contributed by atoms with van der Waals surface area (Å²) in [6, 6.07) is 3.84. The Hall–Kier alpha value is -2.34. The number of nitrogens with zero attached hydrogens (tertiary/aromatic N) is 4. The average Bonchev–Trinajstić information content (AvgIpc) is 2.95. The van der Waals surface area contributed by atoms with Gasteiger partial charge in [-0.1, -0.05) is 0 Å². The van der Waals surface area contributed by atoms with Crippen LogP contribution in [0.4, 0.5) is 0 Å². The van der Waals surface area contributed by atoms with Gasteiger partial charge in [-0.2, -0.15) is 0 Å². The molecule has 1 fully saturated rings. The molecule has 1 amide bonds. The third kappa shape index (κ3) is 4.10. The molecular formula is C17H20N4O2. The lowest BCUT2D eigenvalue weighted by atomic mass is 10.0. The molecule has 3 heterocycles. The van der Waals surface area contributed by atoms with Crippen LogP contribution in [-0.4, -0.2) is 50.1 Å². The Morgan fingerprint density at radius 1 is 1.17 bits per heavy atom. The molecule has 1 saturated heterocycles. The number of hydrogen-bond acceptors (Lipinski definition) is 5. The molecule has 2 aromatic rings. The van der Waals surface area contributed by atoms with Crippen molar-refractivity contribution in [3.63, 3.8) is 0 Å². The standard InChI is InChI=1S/C17H20N4O2/c22-16-12-21(11-14(16)9-15-10-19-7-8-20-15)17(23)2-1-13-3-5-18-6-4-13/h3-8,10,14,16,22H,1-2,9,11-12H2/t14-,16-/m1/s1. The van der Waals surface area contributed by atoms with E-state index in [4.69, 9.17) is 0 Å². The quantitative estimate of drug-likeness (QED) is 0.886. The Bertz CT molecular complexity index is 636. The number of hydrogen-bond donors (Lipinski definition) is 1. The highest BCUT2D eigenvalue weighted by atomic mass is 16.3. The molecule has 0 unspecified atom stereocenters. The van der Waals surface area contributed by atoms with Crippen LogP contribution >= 0.6 is 0 Å². The summed E-state index contributed by atoms with van der Waals surface area (Å²) in [4.78, 5) is 26.3. The number of pyridine rings is 1. The molecule has 0 aromatic carbocycles. The molecule has 6 nitrogen and oxygen atoms in total. The molecule has 0 aliphatic carbocycles. The topological polar surface area (TPSA) is 79.2 Å². The second kappa shape index (κ2) is 7.28. The van der Waals surface area contributed by atoms with Gasteiger partial charge < -0.3 is 10.0 Å². The van der Waals surface area contributed by atoms with Crippen molar-refractivity contribution in [2.24, 2.45) is 5.92 Å². The summed E-state index contributed by atoms with van der Waals surface area (Å²) in [7, 11) is 0. The number of aromatic nitrogens is 3. The lowest BCUT2D eigenvalue weighted by molar-refractivity contribution is -0.130. The van der Waals surface area contributed by atoms with Crippen molar-refractivity contribution < 1.29 is 9.90 Å². The Morgan fingerprint density at radius 3 is 2.74 bits per heavy atom. The Balaban J connectivity index is 1.52. The van der Waals surface area contributed by atoms with E-state index in [0.717, 1.165) is 11.3 Å². The molecule has 23 heavy (non-hydrogen) atoms. The second-order valence-corrected chi connectivity index (χ2v) is 5.88. The number of aliphatic hydroxyl groups excluding tert-OH is 1. The van der Waals surface area contributed by atoms with Crippen molar-refractivity contribution >= 4 is 5.91 Å². The lowest BCUT2D eigenvalue weighted by Crippen LogP contribution is -2.29. The van der Waals surface area contributed by atoms with Crippen molar-refractivity contribution in [2.75, 3.05) is 13.1 Å². The van der Waals surface area contributed by atoms with Crippen molar-refractivity contribution in [2.45, 2.75) is 25.4 Å². The number of β-amino-alcohol motifs (C(OH)–C–C–N with tert-alkyl or cyclic N) is 1. The number of carbonyl (C=O) groups is 1. The monoisotopic (exact) mass is 312 g/mol. The van der Waals surface area contributed by atoms with Gasteiger partial charge in [0, 0.05) is 56.4 Å². The van der Waals surface area contributed by atoms with Crippen LogP contribution in [0.3, 0.4) is 0 Å². The summed E-state index contributed by atoms with van der Waals surface area (Å²) in [5.74, 6) is 0.110. The first-order valence-electron chi connectivity index (χ1n) is 7.82. The van der Waals surface area contributed by atoms with Gasteiger partial charge in [0.1, 0.15) is 0 Å². The fourth-order valence-electron chi connectivity index (χ4n) is 2.92. The molecule has 0 saturated carbocycles. The van der Waals surface area contributed by atoms with E-state index in [1.165, 1.54) is 0 Å². The minimum atomic E-state index is -0.498. The van der Waals surface area contributed by atoms with E-state index in [2.05, 4.69) is 15.0 Å². The first kappa shape index (κ1) is 15.6. The summed E-state index contributed by atoms with van der Waals surface area (Å²) in [5, 5.41) is 10.2. The highest BCUT2D eigenvalue weighted by molar-refractivity contribution is 5.76. The summed E-state index contributed by atoms with van der Waals surface area (Å²) in [6.45, 7) is 0.979. The Morgan fingerprint density at radius 2 is 2.00 bits per heavy atom. The Labute approximate surface area is 135 Å². The molecule has 1 aliphatic rings. The first-order valence-corrected chi connectivity index (χ1v) is 7.82. The van der Waals surface area contributed by atoms with Crippen LogP contribution in [0.25, 0.3) is 0 Å². The minimum absolute atomic E-state index is 0.0246. The average molecular weight is 312 g/mol. The van der Waals surface area contributed by atoms with Crippen molar-refractivity contribution in [1.29, 1.82) is 0 Å². The van der Waals surface area contributed by atoms with Crippen LogP contribution < -0.4 is 0 Å². The van der Waals surface area contributed by atoms with Crippen molar-refractivity contribution in [1.82, 2.24) is 19.9 Å². The summed E-state index contributed by atoms with van der Waals surface area (Å²) in [6.07, 6.45) is 9.74. The number of likely N-dealkylation sites (tertiary alicyclic amines) is 1. The fraction of sp³-hybridized carbons (Fsp3) is 0.412. The van der Waals surface area contributed by atoms with Crippen LogP contribution in [0.2, 0.25) is 0 Å². The van der Waals surface area contributed by atoms with E-state index < -0.39 is 6.10 Å². The van der Waals surface area contributed by atoms with E-state index in [1.54, 1.807) is 35.9 Å². The van der Waals surface area contributed by atoms with Crippen LogP contribution in [0.15, 0.2) is 43.1 Å². The van der Waals surface area contributed by atoms with E-state index in [9.17, 15) is 9.90 Å². The van der Waals surface area contributed by atoms with Gasteiger partial charge >= 0.3 is 0 Å². The summed E-state index contributed by atoms with van der Waals surface area (Å²) >= 11 is 0. The zero-order chi connectivity index (χ0) is 16.1. The smallest absolute Gasteiger partial charge is 0.223 e. The van der Waals surface area contributed by atoms with Crippen molar-refractivity contribution in [3.8, 4) is 0 Å². The molecule has 2 aromatic heterocycles. The molecule has 6 heteroatoms. The predicted octanol–water partition coefficient (Wildman–Crippen LogP) is 0.866. The zero-order valence-electron chi connectivity index (χ0n) is 12.9. The second-order valence-electron chi connectivity index (χ2n) is 5.88. The van der Waals surface area contributed by atoms with E-state index in [0.29, 0.717) is 32.4 Å². The minimum Gasteiger partial charge on any atom is -0.391 e. The van der Waals surface area contributed by atoms with Crippen LogP contribution in [0.5, 0.6) is 0 Å². The van der Waals surface area contributed by atoms with Gasteiger partial charge in [0.25, 0.3) is 0 Å². The van der Waals surface area contributed by atoms with Crippen molar-refractivity contribution in [3.05, 3.63) is 54.4 Å². The molecule has 0 bridgehead atoms. The largest absolute Gasteiger partial charge is 0.391 e. The van der Waals surface area contributed by atoms with Gasteiger partial charge in [-0.15, -0.1) is 0 Å². The zero-order valence-corrected chi connectivity index (χ0v) is 12.9. The maximum Gasteiger partial charge on any atom is 0.223 e. The molecule has 3 rings (SSSR count). The third-order valence-electron chi connectivity index (χ3n) is 4.22. The first-order chi connectivity index (χ1) is 11.2. The number of rotatable bonds is 5. The number of aryl methyl sites for hydroxylation is 1. The molecule has 0 spiro atoms. The van der Waals surface area contributed by atoms with Gasteiger partial charge in [0.05, 0.1) is 11.8 Å². The van der Waals surface area contributed by atoms with Crippen LogP contribution in [0, 0.1) is 5.92 Å². The molecule has 120 valence electrons. The molecule has 0 radical (unpaired) electrons. The number of aliphatic hydroxyl groups is 1. The predicted molar refractivity (Wildman–Crippen MR) is 84.4 cm³/mol. The van der Waals surface area contributed by atoms with Crippen LogP contribution in [0.1, 0.15) is 17.7 Å². The van der Waals surface area contributed by atoms with E-state index in [-0.39, 0.29) is 11.8 Å². The highest BCUT2D eigenvalue weighted by Gasteiger charge is 2.33. The van der Waals surface area contributed by atoms with Gasteiger partial charge in [0.15, 0.2) is 0 Å². The molecular weight excluding hydrogens is 292 g/mol. The maximum absolute atomic E-state index is 12.3. The van der Waals surface area contributed by atoms with Crippen LogP contribution in [-0.2, 0) is 17.6 Å². The SMILES string of the molecule is O=C(CCc1ccncc1)N1C[C@@H](Cc2cnccn2)[C@H](O)C1. The molecule has 1 aliphatic heterocycles. The normalized spacial score (nSPS) is 20.7. The number of amides is 1. The molecule has 2 atom stereocenters. The number of carbonyl (C=O) groups excluding carboxylic acids is 1. The van der Waals surface area contributed by atoms with Gasteiger partial charge in [0.2, 0.25) is 5.91 Å². The summed E-state index contributed by atoms with van der Waals surface area (Å²) in [5.41, 5.74) is 1.95. The van der Waals surface area contributed by atoms with Gasteiger partial charge in [-0.05, 0) is 30.5 Å². The lowest BCUT2D eigenvalue weighted by Gasteiger charge is -2.16. The Kier molecular flexibility index (Phi) is 4.92. The fourth-order valence-corrected chi connectivity index (χ4v) is 2.92. The van der Waals surface area contributed by atoms with Gasteiger partial charge in [-0.25, -0.2) is 0 Å². The van der Waals surface area contributed by atoms with E-state index in [1.807, 2.05) is 12.1 Å². The summed E-state index contributed by atoms with van der Waals surface area (Å²) < 4.78 is 0. The molecule has 1 N–H and O–H groups in total. The maximum atomic E-state index is 12.3. The third-order valence-corrected chi connectivity index (χ3v) is 4.22.